The Balaban J connectivity index is 2.06. The first-order valence-corrected chi connectivity index (χ1v) is 6.08. The van der Waals surface area contributed by atoms with Crippen LogP contribution in [0.15, 0.2) is 18.2 Å². The predicted molar refractivity (Wildman–Crippen MR) is 63.1 cm³/mol. The fraction of sp³-hybridized carbons (Fsp3) is 0.571. The topological polar surface area (TPSA) is 12.0 Å². The number of benzene rings is 1. The highest BCUT2D eigenvalue weighted by molar-refractivity contribution is 5.44. The van der Waals surface area contributed by atoms with Gasteiger partial charge in [0.2, 0.25) is 0 Å². The Kier molecular flexibility index (Phi) is 2.10. The third kappa shape index (κ3) is 1.41. The molecule has 0 radical (unpaired) electrons. The predicted octanol–water partition coefficient (Wildman–Crippen LogP) is 3.15. The molecule has 3 rings (SSSR count). The summed E-state index contributed by atoms with van der Waals surface area (Å²) in [6.45, 7) is 2.27. The summed E-state index contributed by atoms with van der Waals surface area (Å²) in [6.07, 6.45) is 4.23. The Morgan fingerprint density at radius 3 is 2.73 bits per heavy atom. The number of rotatable bonds is 2. The van der Waals surface area contributed by atoms with E-state index in [4.69, 9.17) is 0 Å². The maximum Gasteiger partial charge on any atom is 0.0326 e. The van der Waals surface area contributed by atoms with Gasteiger partial charge in [0.1, 0.15) is 0 Å². The fourth-order valence-electron chi connectivity index (χ4n) is 3.21. The van der Waals surface area contributed by atoms with Crippen molar-refractivity contribution < 1.29 is 0 Å². The second kappa shape index (κ2) is 3.34. The molecule has 0 aliphatic heterocycles. The largest absolute Gasteiger partial charge is 0.313 e. The van der Waals surface area contributed by atoms with Crippen molar-refractivity contribution in [3.05, 3.63) is 34.9 Å². The second-order valence-electron chi connectivity index (χ2n) is 5.10. The van der Waals surface area contributed by atoms with E-state index in [2.05, 4.69) is 37.5 Å². The number of nitrogens with one attached hydrogen (secondary N) is 1. The number of hydrogen-bond acceptors (Lipinski definition) is 1. The molecular formula is C14H19N. The molecule has 0 spiro atoms. The quantitative estimate of drug-likeness (QED) is 0.775. The molecule has 2 aliphatic rings. The molecule has 0 heterocycles. The van der Waals surface area contributed by atoms with Gasteiger partial charge in [0.25, 0.3) is 0 Å². The van der Waals surface area contributed by atoms with E-state index >= 15 is 0 Å². The Morgan fingerprint density at radius 2 is 2.07 bits per heavy atom. The van der Waals surface area contributed by atoms with Crippen LogP contribution in [0, 0.1) is 12.8 Å². The normalized spacial score (nSPS) is 29.2. The molecule has 2 atom stereocenters. The van der Waals surface area contributed by atoms with E-state index in [1.165, 1.54) is 24.8 Å². The molecule has 15 heavy (non-hydrogen) atoms. The van der Waals surface area contributed by atoms with Crippen LogP contribution in [0.25, 0.3) is 0 Å². The molecule has 0 aromatic heterocycles. The molecule has 2 unspecified atom stereocenters. The van der Waals surface area contributed by atoms with Gasteiger partial charge in [0.05, 0.1) is 0 Å². The molecule has 1 saturated carbocycles. The Labute approximate surface area is 91.9 Å². The zero-order valence-corrected chi connectivity index (χ0v) is 9.59. The summed E-state index contributed by atoms with van der Waals surface area (Å²) in [5.41, 5.74) is 4.73. The highest BCUT2D eigenvalue weighted by Crippen LogP contribution is 2.53. The number of hydrogen-bond donors (Lipinski definition) is 1. The molecule has 0 bridgehead atoms. The fourth-order valence-corrected chi connectivity index (χ4v) is 3.21. The van der Waals surface area contributed by atoms with Crippen LogP contribution in [-0.4, -0.2) is 7.05 Å². The molecule has 1 N–H and O–H groups in total. The molecule has 1 heteroatoms. The molecule has 2 aliphatic carbocycles. The summed E-state index contributed by atoms with van der Waals surface area (Å²) in [5, 5.41) is 3.46. The van der Waals surface area contributed by atoms with E-state index in [0.29, 0.717) is 6.04 Å². The molecule has 1 aromatic rings. The van der Waals surface area contributed by atoms with Crippen LogP contribution < -0.4 is 5.32 Å². The van der Waals surface area contributed by atoms with Crippen LogP contribution in [0.1, 0.15) is 47.9 Å². The average molecular weight is 201 g/mol. The summed E-state index contributed by atoms with van der Waals surface area (Å²) in [6, 6.07) is 7.39. The van der Waals surface area contributed by atoms with E-state index < -0.39 is 0 Å². The summed E-state index contributed by atoms with van der Waals surface area (Å²) in [4.78, 5) is 0. The van der Waals surface area contributed by atoms with Crippen LogP contribution in [-0.2, 0) is 0 Å². The van der Waals surface area contributed by atoms with Crippen molar-refractivity contribution in [2.75, 3.05) is 7.05 Å². The van der Waals surface area contributed by atoms with Crippen molar-refractivity contribution in [2.24, 2.45) is 5.92 Å². The van der Waals surface area contributed by atoms with Crippen LogP contribution in [0.2, 0.25) is 0 Å². The zero-order chi connectivity index (χ0) is 10.4. The number of fused-ring (bicyclic) bond motifs is 1. The minimum atomic E-state index is 0.602. The Morgan fingerprint density at radius 1 is 1.27 bits per heavy atom. The average Bonchev–Trinajstić information content (AvgIpc) is 3.00. The van der Waals surface area contributed by atoms with Gasteiger partial charge in [-0.25, -0.2) is 0 Å². The van der Waals surface area contributed by atoms with E-state index in [9.17, 15) is 0 Å². The van der Waals surface area contributed by atoms with Crippen LogP contribution >= 0.6 is 0 Å². The van der Waals surface area contributed by atoms with Crippen molar-refractivity contribution in [3.63, 3.8) is 0 Å². The summed E-state index contributed by atoms with van der Waals surface area (Å²) in [7, 11) is 2.09. The zero-order valence-electron chi connectivity index (χ0n) is 9.59. The van der Waals surface area contributed by atoms with Gasteiger partial charge in [-0.15, -0.1) is 0 Å². The van der Waals surface area contributed by atoms with E-state index in [0.717, 1.165) is 11.8 Å². The molecule has 0 saturated heterocycles. The summed E-state index contributed by atoms with van der Waals surface area (Å²) in [5.74, 6) is 1.84. The van der Waals surface area contributed by atoms with Gasteiger partial charge in [-0.1, -0.05) is 18.2 Å². The second-order valence-corrected chi connectivity index (χ2v) is 5.10. The van der Waals surface area contributed by atoms with Crippen molar-refractivity contribution in [3.8, 4) is 0 Å². The minimum Gasteiger partial charge on any atom is -0.313 e. The van der Waals surface area contributed by atoms with Crippen molar-refractivity contribution >= 4 is 0 Å². The number of aryl methyl sites for hydroxylation is 1. The lowest BCUT2D eigenvalue weighted by molar-refractivity contribution is 0.501. The Bertz CT molecular complexity index is 379. The first-order chi connectivity index (χ1) is 7.31. The molecular weight excluding hydrogens is 182 g/mol. The van der Waals surface area contributed by atoms with Gasteiger partial charge in [-0.2, -0.15) is 0 Å². The van der Waals surface area contributed by atoms with Gasteiger partial charge in [-0.3, -0.25) is 0 Å². The lowest BCUT2D eigenvalue weighted by Crippen LogP contribution is -2.13. The lowest BCUT2D eigenvalue weighted by atomic mass is 9.93. The molecule has 1 aromatic carbocycles. The monoisotopic (exact) mass is 201 g/mol. The van der Waals surface area contributed by atoms with Gasteiger partial charge >= 0.3 is 0 Å². The smallest absolute Gasteiger partial charge is 0.0326 e. The third-order valence-corrected chi connectivity index (χ3v) is 4.13. The van der Waals surface area contributed by atoms with Crippen molar-refractivity contribution in [1.82, 2.24) is 5.32 Å². The lowest BCUT2D eigenvalue weighted by Gasteiger charge is -2.12. The van der Waals surface area contributed by atoms with E-state index in [-0.39, 0.29) is 0 Å². The summed E-state index contributed by atoms with van der Waals surface area (Å²) < 4.78 is 0. The highest BCUT2D eigenvalue weighted by Gasteiger charge is 2.40. The van der Waals surface area contributed by atoms with Crippen LogP contribution in [0.4, 0.5) is 0 Å². The van der Waals surface area contributed by atoms with E-state index in [1.54, 1.807) is 11.1 Å². The van der Waals surface area contributed by atoms with E-state index in [1.807, 2.05) is 0 Å². The highest BCUT2D eigenvalue weighted by atomic mass is 14.9. The maximum absolute atomic E-state index is 3.46. The van der Waals surface area contributed by atoms with Gasteiger partial charge in [-0.05, 0) is 61.8 Å². The molecule has 0 amide bonds. The van der Waals surface area contributed by atoms with Crippen molar-refractivity contribution in [1.29, 1.82) is 0 Å². The van der Waals surface area contributed by atoms with Gasteiger partial charge in [0.15, 0.2) is 0 Å². The van der Waals surface area contributed by atoms with Gasteiger partial charge < -0.3 is 5.32 Å². The summed E-state index contributed by atoms with van der Waals surface area (Å²) >= 11 is 0. The first-order valence-electron chi connectivity index (χ1n) is 6.08. The third-order valence-electron chi connectivity index (χ3n) is 4.13. The Hall–Kier alpha value is -0.820. The van der Waals surface area contributed by atoms with Crippen LogP contribution in [0.3, 0.4) is 0 Å². The standard InChI is InChI=1S/C14H19N/c1-9-4-3-5-11-13(15-2)8-12(14(9)11)10-6-7-10/h3-5,10,12-13,15H,6-8H2,1-2H3. The SMILES string of the molecule is CNC1CC(C2CC2)c2c(C)cccc21. The first kappa shape index (κ1) is 9.41. The maximum atomic E-state index is 3.46. The molecule has 1 fully saturated rings. The van der Waals surface area contributed by atoms with Gasteiger partial charge in [0, 0.05) is 6.04 Å². The van der Waals surface area contributed by atoms with Crippen LogP contribution in [0.5, 0.6) is 0 Å². The molecule has 80 valence electrons. The molecule has 1 nitrogen and oxygen atoms in total. The van der Waals surface area contributed by atoms with Crippen molar-refractivity contribution in [2.45, 2.75) is 38.1 Å². The minimum absolute atomic E-state index is 0.602.